The summed E-state index contributed by atoms with van der Waals surface area (Å²) in [6, 6.07) is 12.5. The fourth-order valence-electron chi connectivity index (χ4n) is 2.95. The molecule has 1 atom stereocenters. The minimum Gasteiger partial charge on any atom is -0.466 e. The average molecular weight is 391 g/mol. The van der Waals surface area contributed by atoms with Crippen molar-refractivity contribution in [3.8, 4) is 0 Å². The first-order chi connectivity index (χ1) is 12.4. The van der Waals surface area contributed by atoms with Gasteiger partial charge in [-0.1, -0.05) is 23.7 Å². The maximum Gasteiger partial charge on any atom is 0.337 e. The van der Waals surface area contributed by atoms with Gasteiger partial charge in [-0.3, -0.25) is 4.90 Å². The summed E-state index contributed by atoms with van der Waals surface area (Å²) < 4.78 is 18.6. The number of benzene rings is 2. The number of hydrogen-bond donors (Lipinski definition) is 1. The second-order valence-electron chi connectivity index (χ2n) is 5.74. The van der Waals surface area contributed by atoms with E-state index < -0.39 is 17.8 Å². The largest absolute Gasteiger partial charge is 0.466 e. The molecule has 0 saturated heterocycles. The molecule has 7 heteroatoms. The van der Waals surface area contributed by atoms with Crippen molar-refractivity contribution in [3.05, 3.63) is 76.2 Å². The fraction of sp³-hybridized carbons (Fsp3) is 0.158. The predicted octanol–water partition coefficient (Wildman–Crippen LogP) is 4.36. The van der Waals surface area contributed by atoms with Gasteiger partial charge in [0.2, 0.25) is 0 Å². The first-order valence-electron chi connectivity index (χ1n) is 7.83. The Morgan fingerprint density at radius 2 is 1.96 bits per heavy atom. The van der Waals surface area contributed by atoms with Gasteiger partial charge in [-0.05, 0) is 61.1 Å². The van der Waals surface area contributed by atoms with E-state index in [1.165, 1.54) is 19.2 Å². The number of methoxy groups -OCH3 is 1. The SMILES string of the molecule is COC(=O)C1=C(C)N(c2ccc(Cl)cc2)C(=S)N[C@H]1c1cccc(F)c1. The molecule has 0 aromatic heterocycles. The van der Waals surface area contributed by atoms with E-state index in [2.05, 4.69) is 5.32 Å². The number of thiocarbonyl (C=S) groups is 1. The average Bonchev–Trinajstić information content (AvgIpc) is 2.62. The number of anilines is 1. The van der Waals surface area contributed by atoms with Crippen LogP contribution in [0.15, 0.2) is 59.8 Å². The molecule has 0 unspecified atom stereocenters. The molecule has 26 heavy (non-hydrogen) atoms. The molecule has 0 bridgehead atoms. The molecule has 0 fully saturated rings. The summed E-state index contributed by atoms with van der Waals surface area (Å²) in [7, 11) is 1.31. The first kappa shape index (κ1) is 18.4. The van der Waals surface area contributed by atoms with E-state index in [-0.39, 0.29) is 0 Å². The van der Waals surface area contributed by atoms with E-state index in [9.17, 15) is 9.18 Å². The Labute approximate surface area is 161 Å². The van der Waals surface area contributed by atoms with Crippen LogP contribution >= 0.6 is 23.8 Å². The van der Waals surface area contributed by atoms with Crippen LogP contribution in [0.4, 0.5) is 10.1 Å². The molecule has 0 amide bonds. The van der Waals surface area contributed by atoms with E-state index in [0.717, 1.165) is 5.69 Å². The van der Waals surface area contributed by atoms with Gasteiger partial charge in [-0.15, -0.1) is 0 Å². The van der Waals surface area contributed by atoms with Crippen molar-refractivity contribution in [3.63, 3.8) is 0 Å². The smallest absolute Gasteiger partial charge is 0.337 e. The molecule has 1 aliphatic rings. The zero-order chi connectivity index (χ0) is 18.8. The van der Waals surface area contributed by atoms with Gasteiger partial charge in [0.1, 0.15) is 5.82 Å². The van der Waals surface area contributed by atoms with Crippen molar-refractivity contribution in [2.75, 3.05) is 12.0 Å². The zero-order valence-corrected chi connectivity index (χ0v) is 15.7. The lowest BCUT2D eigenvalue weighted by atomic mass is 9.94. The molecule has 0 saturated carbocycles. The number of carbonyl (C=O) groups excluding carboxylic acids is 1. The summed E-state index contributed by atoms with van der Waals surface area (Å²) in [5.41, 5.74) is 2.31. The van der Waals surface area contributed by atoms with Crippen LogP contribution in [0, 0.1) is 5.82 Å². The zero-order valence-electron chi connectivity index (χ0n) is 14.1. The second-order valence-corrected chi connectivity index (χ2v) is 6.56. The van der Waals surface area contributed by atoms with Crippen molar-refractivity contribution < 1.29 is 13.9 Å². The highest BCUT2D eigenvalue weighted by molar-refractivity contribution is 7.80. The van der Waals surface area contributed by atoms with Crippen LogP contribution in [0.25, 0.3) is 0 Å². The quantitative estimate of drug-likeness (QED) is 0.623. The van der Waals surface area contributed by atoms with Crippen molar-refractivity contribution >= 4 is 40.6 Å². The predicted molar refractivity (Wildman–Crippen MR) is 104 cm³/mol. The number of esters is 1. The normalized spacial score (nSPS) is 17.2. The number of rotatable bonds is 3. The molecule has 0 radical (unpaired) electrons. The Morgan fingerprint density at radius 1 is 1.27 bits per heavy atom. The number of halogens is 2. The molecule has 1 aliphatic heterocycles. The topological polar surface area (TPSA) is 41.6 Å². The van der Waals surface area contributed by atoms with Crippen molar-refractivity contribution in [1.29, 1.82) is 0 Å². The maximum atomic E-state index is 13.7. The maximum absolute atomic E-state index is 13.7. The lowest BCUT2D eigenvalue weighted by molar-refractivity contribution is -0.136. The van der Waals surface area contributed by atoms with Crippen molar-refractivity contribution in [2.45, 2.75) is 13.0 Å². The van der Waals surface area contributed by atoms with Crippen LogP contribution in [-0.4, -0.2) is 18.2 Å². The van der Waals surface area contributed by atoms with E-state index in [1.54, 1.807) is 48.2 Å². The van der Waals surface area contributed by atoms with Gasteiger partial charge in [-0.25, -0.2) is 9.18 Å². The summed E-state index contributed by atoms with van der Waals surface area (Å²) in [5, 5.41) is 4.11. The molecule has 1 N–H and O–H groups in total. The molecule has 3 rings (SSSR count). The Morgan fingerprint density at radius 3 is 2.58 bits per heavy atom. The standard InChI is InChI=1S/C19H16ClFN2O2S/c1-11-16(18(24)25-2)17(12-4-3-5-14(21)10-12)22-19(26)23(11)15-8-6-13(20)7-9-15/h3-10,17H,1-2H3,(H,22,26)/t17-/m0/s1. The fourth-order valence-corrected chi connectivity index (χ4v) is 3.44. The highest BCUT2D eigenvalue weighted by atomic mass is 35.5. The van der Waals surface area contributed by atoms with Crippen LogP contribution in [0.2, 0.25) is 5.02 Å². The van der Waals surface area contributed by atoms with Gasteiger partial charge in [0.15, 0.2) is 5.11 Å². The number of hydrogen-bond acceptors (Lipinski definition) is 3. The highest BCUT2D eigenvalue weighted by Crippen LogP contribution is 2.34. The number of nitrogens with zero attached hydrogens (tertiary/aromatic N) is 1. The third-order valence-corrected chi connectivity index (χ3v) is 4.71. The third kappa shape index (κ3) is 3.43. The van der Waals surface area contributed by atoms with Crippen molar-refractivity contribution in [1.82, 2.24) is 5.32 Å². The van der Waals surface area contributed by atoms with E-state index in [4.69, 9.17) is 28.6 Å². The number of nitrogens with one attached hydrogen (secondary N) is 1. The van der Waals surface area contributed by atoms with Crippen LogP contribution in [-0.2, 0) is 9.53 Å². The molecule has 1 heterocycles. The lowest BCUT2D eigenvalue weighted by Gasteiger charge is -2.37. The monoisotopic (exact) mass is 390 g/mol. The summed E-state index contributed by atoms with van der Waals surface area (Å²) in [6.07, 6.45) is 0. The molecule has 2 aromatic rings. The summed E-state index contributed by atoms with van der Waals surface area (Å²) in [5.74, 6) is -0.900. The van der Waals surface area contributed by atoms with Gasteiger partial charge >= 0.3 is 5.97 Å². The van der Waals surface area contributed by atoms with Gasteiger partial charge in [0.05, 0.1) is 18.7 Å². The van der Waals surface area contributed by atoms with Crippen molar-refractivity contribution in [2.24, 2.45) is 0 Å². The highest BCUT2D eigenvalue weighted by Gasteiger charge is 2.35. The van der Waals surface area contributed by atoms with Gasteiger partial charge in [0, 0.05) is 16.4 Å². The number of ether oxygens (including phenoxy) is 1. The minimum atomic E-state index is -0.603. The van der Waals surface area contributed by atoms with Gasteiger partial charge < -0.3 is 10.1 Å². The molecule has 4 nitrogen and oxygen atoms in total. The Bertz CT molecular complexity index is 899. The third-order valence-electron chi connectivity index (χ3n) is 4.16. The molecule has 0 aliphatic carbocycles. The molecular formula is C19H16ClFN2O2S. The van der Waals surface area contributed by atoms with Crippen LogP contribution in [0.5, 0.6) is 0 Å². The van der Waals surface area contributed by atoms with Gasteiger partial charge in [-0.2, -0.15) is 0 Å². The Kier molecular flexibility index (Phi) is 5.25. The minimum absolute atomic E-state index is 0.363. The Hall–Kier alpha value is -2.44. The number of carbonyl (C=O) groups is 1. The second kappa shape index (κ2) is 7.43. The summed E-state index contributed by atoms with van der Waals surface area (Å²) in [6.45, 7) is 1.78. The molecule has 2 aromatic carbocycles. The van der Waals surface area contributed by atoms with Crippen LogP contribution in [0.1, 0.15) is 18.5 Å². The van der Waals surface area contributed by atoms with Crippen LogP contribution < -0.4 is 10.2 Å². The molecule has 134 valence electrons. The number of allylic oxidation sites excluding steroid dienone is 1. The van der Waals surface area contributed by atoms with Gasteiger partial charge in [0.25, 0.3) is 0 Å². The van der Waals surface area contributed by atoms with E-state index >= 15 is 0 Å². The lowest BCUT2D eigenvalue weighted by Crippen LogP contribution is -2.48. The summed E-state index contributed by atoms with van der Waals surface area (Å²) in [4.78, 5) is 14.2. The molecular weight excluding hydrogens is 375 g/mol. The molecule has 0 spiro atoms. The van der Waals surface area contributed by atoms with E-state index in [1.807, 2.05) is 0 Å². The van der Waals surface area contributed by atoms with E-state index in [0.29, 0.717) is 27.0 Å². The van der Waals surface area contributed by atoms with Crippen LogP contribution in [0.3, 0.4) is 0 Å². The first-order valence-corrected chi connectivity index (χ1v) is 8.61. The summed E-state index contributed by atoms with van der Waals surface area (Å²) >= 11 is 11.5. The Balaban J connectivity index is 2.13.